The van der Waals surface area contributed by atoms with Crippen LogP contribution in [0.25, 0.3) is 0 Å². The minimum Gasteiger partial charge on any atom is -0.489 e. The van der Waals surface area contributed by atoms with E-state index in [1.807, 2.05) is 26.0 Å². The third kappa shape index (κ3) is 4.35. The van der Waals surface area contributed by atoms with Gasteiger partial charge in [0, 0.05) is 11.6 Å². The second-order valence-corrected chi connectivity index (χ2v) is 5.87. The monoisotopic (exact) mass is 297 g/mol. The summed E-state index contributed by atoms with van der Waals surface area (Å²) < 4.78 is 5.81. The van der Waals surface area contributed by atoms with Crippen LogP contribution in [0.15, 0.2) is 42.5 Å². The molecule has 0 spiro atoms. The maximum absolute atomic E-state index is 11.9. The van der Waals surface area contributed by atoms with Gasteiger partial charge in [-0.1, -0.05) is 23.8 Å². The summed E-state index contributed by atoms with van der Waals surface area (Å²) in [5.74, 6) is 0.707. The van der Waals surface area contributed by atoms with Crippen LogP contribution in [0.3, 0.4) is 0 Å². The molecule has 0 aliphatic carbocycles. The standard InChI is InChI=1S/C19H23NO2/c1-13(2)20-19(21)16-7-9-18(10-8-16)22-12-17-11-14(3)5-6-15(17)4/h5-11,13H,12H2,1-4H3,(H,20,21). The van der Waals surface area contributed by atoms with Gasteiger partial charge in [0.25, 0.3) is 5.91 Å². The minimum atomic E-state index is -0.0592. The fourth-order valence-corrected chi connectivity index (χ4v) is 2.16. The van der Waals surface area contributed by atoms with E-state index < -0.39 is 0 Å². The van der Waals surface area contributed by atoms with Crippen molar-refractivity contribution in [3.63, 3.8) is 0 Å². The zero-order valence-electron chi connectivity index (χ0n) is 13.6. The second kappa shape index (κ2) is 7.12. The van der Waals surface area contributed by atoms with Crippen LogP contribution in [-0.4, -0.2) is 11.9 Å². The lowest BCUT2D eigenvalue weighted by atomic mass is 10.1. The number of amides is 1. The van der Waals surface area contributed by atoms with Gasteiger partial charge in [0.05, 0.1) is 0 Å². The third-order valence-corrected chi connectivity index (χ3v) is 3.44. The van der Waals surface area contributed by atoms with Crippen molar-refractivity contribution in [2.45, 2.75) is 40.3 Å². The summed E-state index contributed by atoms with van der Waals surface area (Å²) in [5.41, 5.74) is 4.28. The molecule has 0 saturated heterocycles. The van der Waals surface area contributed by atoms with Crippen molar-refractivity contribution < 1.29 is 9.53 Å². The number of hydrogen-bond acceptors (Lipinski definition) is 2. The first kappa shape index (κ1) is 16.1. The maximum atomic E-state index is 11.9. The molecule has 1 N–H and O–H groups in total. The van der Waals surface area contributed by atoms with E-state index in [0.717, 1.165) is 5.75 Å². The summed E-state index contributed by atoms with van der Waals surface area (Å²) in [6.07, 6.45) is 0. The normalized spacial score (nSPS) is 10.6. The Bertz CT molecular complexity index is 645. The van der Waals surface area contributed by atoms with Gasteiger partial charge in [0.15, 0.2) is 0 Å². The molecule has 0 unspecified atom stereocenters. The molecule has 0 atom stereocenters. The van der Waals surface area contributed by atoms with Crippen molar-refractivity contribution in [2.75, 3.05) is 0 Å². The van der Waals surface area contributed by atoms with Crippen LogP contribution < -0.4 is 10.1 Å². The summed E-state index contributed by atoms with van der Waals surface area (Å²) in [6.45, 7) is 8.58. The van der Waals surface area contributed by atoms with E-state index in [1.54, 1.807) is 12.1 Å². The Labute approximate surface area is 132 Å². The summed E-state index contributed by atoms with van der Waals surface area (Å²) in [4.78, 5) is 11.9. The Hall–Kier alpha value is -2.29. The zero-order chi connectivity index (χ0) is 16.1. The van der Waals surface area contributed by atoms with Gasteiger partial charge >= 0.3 is 0 Å². The number of ether oxygens (including phenoxy) is 1. The van der Waals surface area contributed by atoms with Crippen LogP contribution in [0.2, 0.25) is 0 Å². The van der Waals surface area contributed by atoms with Crippen LogP contribution in [0.1, 0.15) is 40.9 Å². The molecule has 0 bridgehead atoms. The molecule has 0 saturated carbocycles. The van der Waals surface area contributed by atoms with Gasteiger partial charge < -0.3 is 10.1 Å². The van der Waals surface area contributed by atoms with Crippen molar-refractivity contribution in [1.29, 1.82) is 0 Å². The molecule has 3 heteroatoms. The number of carbonyl (C=O) groups is 1. The highest BCUT2D eigenvalue weighted by Crippen LogP contribution is 2.17. The first-order valence-corrected chi connectivity index (χ1v) is 7.55. The van der Waals surface area contributed by atoms with Crippen molar-refractivity contribution in [1.82, 2.24) is 5.32 Å². The zero-order valence-corrected chi connectivity index (χ0v) is 13.6. The van der Waals surface area contributed by atoms with E-state index in [4.69, 9.17) is 4.74 Å². The van der Waals surface area contributed by atoms with Crippen LogP contribution >= 0.6 is 0 Å². The highest BCUT2D eigenvalue weighted by molar-refractivity contribution is 5.94. The molecular weight excluding hydrogens is 274 g/mol. The molecule has 116 valence electrons. The van der Waals surface area contributed by atoms with Crippen LogP contribution in [0, 0.1) is 13.8 Å². The van der Waals surface area contributed by atoms with Gasteiger partial charge in [-0.15, -0.1) is 0 Å². The minimum absolute atomic E-state index is 0.0592. The number of rotatable bonds is 5. The first-order valence-electron chi connectivity index (χ1n) is 7.55. The van der Waals surface area contributed by atoms with Gasteiger partial charge in [0.2, 0.25) is 0 Å². The lowest BCUT2D eigenvalue weighted by Gasteiger charge is -2.11. The van der Waals surface area contributed by atoms with Crippen molar-refractivity contribution in [2.24, 2.45) is 0 Å². The Balaban J connectivity index is 1.99. The fraction of sp³-hybridized carbons (Fsp3) is 0.316. The summed E-state index contributed by atoms with van der Waals surface area (Å²) >= 11 is 0. The van der Waals surface area contributed by atoms with Crippen molar-refractivity contribution in [3.8, 4) is 5.75 Å². The number of nitrogens with one attached hydrogen (secondary N) is 1. The third-order valence-electron chi connectivity index (χ3n) is 3.44. The Kier molecular flexibility index (Phi) is 5.21. The molecule has 0 aliphatic heterocycles. The molecule has 0 heterocycles. The van der Waals surface area contributed by atoms with Crippen LogP contribution in [0.4, 0.5) is 0 Å². The first-order chi connectivity index (χ1) is 10.5. The van der Waals surface area contributed by atoms with E-state index in [-0.39, 0.29) is 11.9 Å². The van der Waals surface area contributed by atoms with E-state index in [2.05, 4.69) is 37.4 Å². The molecule has 0 radical (unpaired) electrons. The van der Waals surface area contributed by atoms with Gasteiger partial charge in [-0.3, -0.25) is 4.79 Å². The predicted molar refractivity (Wildman–Crippen MR) is 89.3 cm³/mol. The molecule has 2 rings (SSSR count). The molecule has 22 heavy (non-hydrogen) atoms. The number of carbonyl (C=O) groups excluding carboxylic acids is 1. The molecule has 2 aromatic rings. The molecule has 1 amide bonds. The predicted octanol–water partition coefficient (Wildman–Crippen LogP) is 4.02. The van der Waals surface area contributed by atoms with E-state index in [0.29, 0.717) is 12.2 Å². The van der Waals surface area contributed by atoms with Crippen LogP contribution in [-0.2, 0) is 6.61 Å². The molecule has 2 aromatic carbocycles. The summed E-state index contributed by atoms with van der Waals surface area (Å²) in [5, 5.41) is 2.87. The SMILES string of the molecule is Cc1ccc(C)c(COc2ccc(C(=O)NC(C)C)cc2)c1. The van der Waals surface area contributed by atoms with E-state index in [1.165, 1.54) is 16.7 Å². The smallest absolute Gasteiger partial charge is 0.251 e. The topological polar surface area (TPSA) is 38.3 Å². The van der Waals surface area contributed by atoms with Gasteiger partial charge in [-0.25, -0.2) is 0 Å². The molecule has 0 aliphatic rings. The quantitative estimate of drug-likeness (QED) is 0.905. The molecule has 3 nitrogen and oxygen atoms in total. The molecule has 0 aromatic heterocycles. The van der Waals surface area contributed by atoms with Crippen molar-refractivity contribution >= 4 is 5.91 Å². The van der Waals surface area contributed by atoms with Gasteiger partial charge in [-0.05, 0) is 63.1 Å². The summed E-state index contributed by atoms with van der Waals surface area (Å²) in [6, 6.07) is 13.7. The highest BCUT2D eigenvalue weighted by atomic mass is 16.5. The molecule has 0 fully saturated rings. The summed E-state index contributed by atoms with van der Waals surface area (Å²) in [7, 11) is 0. The Morgan fingerprint density at radius 3 is 2.41 bits per heavy atom. The Morgan fingerprint density at radius 1 is 1.09 bits per heavy atom. The Morgan fingerprint density at radius 2 is 1.77 bits per heavy atom. The lowest BCUT2D eigenvalue weighted by molar-refractivity contribution is 0.0943. The fourth-order valence-electron chi connectivity index (χ4n) is 2.16. The number of benzene rings is 2. The average Bonchev–Trinajstić information content (AvgIpc) is 2.48. The van der Waals surface area contributed by atoms with E-state index >= 15 is 0 Å². The van der Waals surface area contributed by atoms with Gasteiger partial charge in [0.1, 0.15) is 12.4 Å². The lowest BCUT2D eigenvalue weighted by Crippen LogP contribution is -2.29. The average molecular weight is 297 g/mol. The van der Waals surface area contributed by atoms with Crippen LogP contribution in [0.5, 0.6) is 5.75 Å². The second-order valence-electron chi connectivity index (χ2n) is 5.87. The van der Waals surface area contributed by atoms with Crippen molar-refractivity contribution in [3.05, 3.63) is 64.7 Å². The number of hydrogen-bond donors (Lipinski definition) is 1. The van der Waals surface area contributed by atoms with E-state index in [9.17, 15) is 4.79 Å². The number of aryl methyl sites for hydroxylation is 2. The molecular formula is C19H23NO2. The largest absolute Gasteiger partial charge is 0.489 e. The maximum Gasteiger partial charge on any atom is 0.251 e. The highest BCUT2D eigenvalue weighted by Gasteiger charge is 2.07. The van der Waals surface area contributed by atoms with Gasteiger partial charge in [-0.2, -0.15) is 0 Å².